The molecule has 4 heteroatoms. The number of hydrogen-bond donors (Lipinski definition) is 1. The van der Waals surface area contributed by atoms with Gasteiger partial charge in [0.2, 0.25) is 0 Å². The Labute approximate surface area is 123 Å². The van der Waals surface area contributed by atoms with Crippen molar-refractivity contribution in [2.24, 2.45) is 0 Å². The molecule has 0 unspecified atom stereocenters. The van der Waals surface area contributed by atoms with Crippen LogP contribution >= 0.6 is 11.3 Å². The molecule has 2 nitrogen and oxygen atoms in total. The lowest BCUT2D eigenvalue weighted by Crippen LogP contribution is -2.35. The van der Waals surface area contributed by atoms with E-state index in [1.165, 1.54) is 12.1 Å². The van der Waals surface area contributed by atoms with E-state index in [2.05, 4.69) is 26.1 Å². The van der Waals surface area contributed by atoms with Gasteiger partial charge in [-0.15, -0.1) is 0 Å². The maximum atomic E-state index is 13.6. The number of benzene rings is 1. The fraction of sp³-hybridized carbons (Fsp3) is 0.375. The van der Waals surface area contributed by atoms with Gasteiger partial charge in [0.15, 0.2) is 0 Å². The molecule has 0 atom stereocenters. The summed E-state index contributed by atoms with van der Waals surface area (Å²) in [4.78, 5) is 0. The van der Waals surface area contributed by atoms with Gasteiger partial charge in [0.25, 0.3) is 0 Å². The first-order valence-corrected chi connectivity index (χ1v) is 7.55. The Kier molecular flexibility index (Phi) is 4.78. The topological polar surface area (TPSA) is 21.3 Å². The van der Waals surface area contributed by atoms with Gasteiger partial charge in [0.1, 0.15) is 18.2 Å². The largest absolute Gasteiger partial charge is 0.489 e. The molecule has 0 saturated carbocycles. The third-order valence-electron chi connectivity index (χ3n) is 2.74. The van der Waals surface area contributed by atoms with Crippen LogP contribution in [0.2, 0.25) is 0 Å². The first-order chi connectivity index (χ1) is 9.42. The molecule has 2 rings (SSSR count). The van der Waals surface area contributed by atoms with E-state index >= 15 is 0 Å². The van der Waals surface area contributed by atoms with Crippen LogP contribution in [0.4, 0.5) is 4.39 Å². The Morgan fingerprint density at radius 2 is 2.00 bits per heavy atom. The fourth-order valence-electron chi connectivity index (χ4n) is 1.71. The number of rotatable bonds is 5. The average molecular weight is 293 g/mol. The van der Waals surface area contributed by atoms with Crippen LogP contribution in [-0.4, -0.2) is 5.54 Å². The SMILES string of the molecule is CC(C)(C)NCc1cc(F)cc(OCc2ccsc2)c1. The van der Waals surface area contributed by atoms with Crippen molar-refractivity contribution in [3.05, 3.63) is 52.0 Å². The highest BCUT2D eigenvalue weighted by Gasteiger charge is 2.09. The summed E-state index contributed by atoms with van der Waals surface area (Å²) in [7, 11) is 0. The second-order valence-corrected chi connectivity index (χ2v) is 6.60. The highest BCUT2D eigenvalue weighted by Crippen LogP contribution is 2.19. The minimum absolute atomic E-state index is 0.00398. The lowest BCUT2D eigenvalue weighted by atomic mass is 10.1. The van der Waals surface area contributed by atoms with E-state index in [0.29, 0.717) is 18.9 Å². The van der Waals surface area contributed by atoms with Gasteiger partial charge in [-0.2, -0.15) is 11.3 Å². The molecule has 1 aromatic carbocycles. The molecule has 0 bridgehead atoms. The lowest BCUT2D eigenvalue weighted by molar-refractivity contribution is 0.304. The van der Waals surface area contributed by atoms with E-state index < -0.39 is 0 Å². The molecular weight excluding hydrogens is 273 g/mol. The van der Waals surface area contributed by atoms with Crippen LogP contribution in [-0.2, 0) is 13.2 Å². The van der Waals surface area contributed by atoms with Gasteiger partial charge in [-0.05, 0) is 60.9 Å². The third kappa shape index (κ3) is 4.94. The summed E-state index contributed by atoms with van der Waals surface area (Å²) in [5, 5.41) is 7.37. The summed E-state index contributed by atoms with van der Waals surface area (Å²) in [6.07, 6.45) is 0. The molecule has 0 spiro atoms. The molecule has 0 aliphatic rings. The number of hydrogen-bond acceptors (Lipinski definition) is 3. The van der Waals surface area contributed by atoms with Crippen molar-refractivity contribution in [1.29, 1.82) is 0 Å². The van der Waals surface area contributed by atoms with Crippen molar-refractivity contribution in [2.75, 3.05) is 0 Å². The Balaban J connectivity index is 2.00. The monoisotopic (exact) mass is 293 g/mol. The Hall–Kier alpha value is -1.39. The highest BCUT2D eigenvalue weighted by atomic mass is 32.1. The van der Waals surface area contributed by atoms with Crippen LogP contribution in [0.3, 0.4) is 0 Å². The fourth-order valence-corrected chi connectivity index (χ4v) is 2.37. The highest BCUT2D eigenvalue weighted by molar-refractivity contribution is 7.07. The molecule has 0 aliphatic heterocycles. The molecular formula is C16H20FNOS. The molecule has 1 N–H and O–H groups in total. The van der Waals surface area contributed by atoms with Gasteiger partial charge < -0.3 is 10.1 Å². The van der Waals surface area contributed by atoms with Crippen molar-refractivity contribution in [1.82, 2.24) is 5.32 Å². The molecule has 0 amide bonds. The van der Waals surface area contributed by atoms with E-state index in [0.717, 1.165) is 11.1 Å². The van der Waals surface area contributed by atoms with Gasteiger partial charge in [0, 0.05) is 18.2 Å². The summed E-state index contributed by atoms with van der Waals surface area (Å²) in [6, 6.07) is 6.85. The molecule has 1 heterocycles. The molecule has 1 aromatic heterocycles. The van der Waals surface area contributed by atoms with E-state index in [1.54, 1.807) is 11.3 Å². The maximum absolute atomic E-state index is 13.6. The zero-order chi connectivity index (χ0) is 14.6. The normalized spacial score (nSPS) is 11.6. The molecule has 0 fully saturated rings. The van der Waals surface area contributed by atoms with Crippen LogP contribution in [0, 0.1) is 5.82 Å². The minimum atomic E-state index is -0.265. The van der Waals surface area contributed by atoms with Gasteiger partial charge in [-0.3, -0.25) is 0 Å². The van der Waals surface area contributed by atoms with E-state index in [4.69, 9.17) is 4.74 Å². The zero-order valence-corrected chi connectivity index (χ0v) is 12.9. The number of halogens is 1. The molecule has 0 saturated heterocycles. The average Bonchev–Trinajstić information content (AvgIpc) is 2.86. The number of nitrogens with one attached hydrogen (secondary N) is 1. The smallest absolute Gasteiger partial charge is 0.127 e. The number of thiophene rings is 1. The van der Waals surface area contributed by atoms with Crippen molar-refractivity contribution in [3.8, 4) is 5.75 Å². The van der Waals surface area contributed by atoms with Crippen LogP contribution < -0.4 is 10.1 Å². The van der Waals surface area contributed by atoms with Gasteiger partial charge >= 0.3 is 0 Å². The summed E-state index contributed by atoms with van der Waals surface area (Å²) < 4.78 is 19.3. The second-order valence-electron chi connectivity index (χ2n) is 5.82. The van der Waals surface area contributed by atoms with Crippen molar-refractivity contribution in [3.63, 3.8) is 0 Å². The third-order valence-corrected chi connectivity index (χ3v) is 3.47. The summed E-state index contributed by atoms with van der Waals surface area (Å²) in [6.45, 7) is 7.34. The summed E-state index contributed by atoms with van der Waals surface area (Å²) in [5.41, 5.74) is 2.00. The quantitative estimate of drug-likeness (QED) is 0.884. The van der Waals surface area contributed by atoms with E-state index in [-0.39, 0.29) is 11.4 Å². The first kappa shape index (κ1) is 15.0. The van der Waals surface area contributed by atoms with Crippen molar-refractivity contribution >= 4 is 11.3 Å². The van der Waals surface area contributed by atoms with Crippen LogP contribution in [0.15, 0.2) is 35.0 Å². The van der Waals surface area contributed by atoms with E-state index in [9.17, 15) is 4.39 Å². The second kappa shape index (κ2) is 6.37. The van der Waals surface area contributed by atoms with Crippen LogP contribution in [0.25, 0.3) is 0 Å². The zero-order valence-electron chi connectivity index (χ0n) is 12.1. The maximum Gasteiger partial charge on any atom is 0.127 e. The Bertz CT molecular complexity index is 546. The van der Waals surface area contributed by atoms with Gasteiger partial charge in [-0.1, -0.05) is 0 Å². The van der Waals surface area contributed by atoms with Crippen molar-refractivity contribution in [2.45, 2.75) is 39.5 Å². The summed E-state index contributed by atoms with van der Waals surface area (Å²) >= 11 is 1.63. The van der Waals surface area contributed by atoms with Crippen LogP contribution in [0.5, 0.6) is 5.75 Å². The molecule has 2 aromatic rings. The lowest BCUT2D eigenvalue weighted by Gasteiger charge is -2.20. The van der Waals surface area contributed by atoms with Gasteiger partial charge in [0.05, 0.1) is 0 Å². The van der Waals surface area contributed by atoms with E-state index in [1.807, 2.05) is 22.9 Å². The van der Waals surface area contributed by atoms with Gasteiger partial charge in [-0.25, -0.2) is 4.39 Å². The predicted octanol–water partition coefficient (Wildman–Crippen LogP) is 4.35. The number of ether oxygens (including phenoxy) is 1. The molecule has 0 radical (unpaired) electrons. The predicted molar refractivity (Wildman–Crippen MR) is 81.6 cm³/mol. The molecule has 20 heavy (non-hydrogen) atoms. The minimum Gasteiger partial charge on any atom is -0.489 e. The van der Waals surface area contributed by atoms with Crippen LogP contribution in [0.1, 0.15) is 31.9 Å². The first-order valence-electron chi connectivity index (χ1n) is 6.61. The summed E-state index contributed by atoms with van der Waals surface area (Å²) in [5.74, 6) is 0.306. The van der Waals surface area contributed by atoms with Crippen molar-refractivity contribution < 1.29 is 9.13 Å². The Morgan fingerprint density at radius 1 is 1.20 bits per heavy atom. The molecule has 0 aliphatic carbocycles. The molecule has 108 valence electrons. The standard InChI is InChI=1S/C16H20FNOS/c1-16(2,3)18-9-13-6-14(17)8-15(7-13)19-10-12-4-5-20-11-12/h4-8,11,18H,9-10H2,1-3H3. The Morgan fingerprint density at radius 3 is 2.65 bits per heavy atom.